The predicted octanol–water partition coefficient (Wildman–Crippen LogP) is 2.63. The minimum Gasteiger partial charge on any atom is -0.313 e. The summed E-state index contributed by atoms with van der Waals surface area (Å²) < 4.78 is 0. The summed E-state index contributed by atoms with van der Waals surface area (Å²) in [6.07, 6.45) is 1.69. The first kappa shape index (κ1) is 10.3. The van der Waals surface area contributed by atoms with Crippen LogP contribution in [0.4, 0.5) is 0 Å². The second-order valence-electron chi connectivity index (χ2n) is 2.69. The van der Waals surface area contributed by atoms with E-state index < -0.39 is 0 Å². The van der Waals surface area contributed by atoms with Crippen molar-refractivity contribution >= 4 is 11.6 Å². The Hall–Kier alpha value is -0.830. The standard InChI is InChI=1S/C10H12ClNO/c11-7-4-8-12(13)9-10-5-2-1-3-6-10/h1-7,13H,8-9H2. The largest absolute Gasteiger partial charge is 0.313 e. The van der Waals surface area contributed by atoms with Crippen LogP contribution in [-0.2, 0) is 6.54 Å². The molecular formula is C10H12ClNO. The summed E-state index contributed by atoms with van der Waals surface area (Å²) in [4.78, 5) is 0. The smallest absolute Gasteiger partial charge is 0.0492 e. The molecule has 0 aliphatic carbocycles. The molecule has 0 atom stereocenters. The maximum absolute atomic E-state index is 9.36. The van der Waals surface area contributed by atoms with Crippen molar-refractivity contribution in [2.75, 3.05) is 6.54 Å². The van der Waals surface area contributed by atoms with E-state index in [0.717, 1.165) is 5.56 Å². The van der Waals surface area contributed by atoms with Gasteiger partial charge in [0.2, 0.25) is 0 Å². The molecule has 0 aliphatic heterocycles. The van der Waals surface area contributed by atoms with Gasteiger partial charge in [0.15, 0.2) is 0 Å². The third kappa shape index (κ3) is 4.08. The number of hydrogen-bond acceptors (Lipinski definition) is 2. The first-order chi connectivity index (χ1) is 6.33. The maximum Gasteiger partial charge on any atom is 0.0492 e. The zero-order valence-electron chi connectivity index (χ0n) is 7.23. The van der Waals surface area contributed by atoms with Crippen LogP contribution in [0.15, 0.2) is 41.9 Å². The average molecular weight is 198 g/mol. The first-order valence-electron chi connectivity index (χ1n) is 4.06. The normalized spacial score (nSPS) is 11.3. The molecule has 0 aromatic heterocycles. The van der Waals surface area contributed by atoms with Gasteiger partial charge in [-0.3, -0.25) is 0 Å². The van der Waals surface area contributed by atoms with Crippen LogP contribution in [0.5, 0.6) is 0 Å². The molecule has 0 saturated heterocycles. The van der Waals surface area contributed by atoms with E-state index in [1.807, 2.05) is 30.3 Å². The van der Waals surface area contributed by atoms with Crippen molar-refractivity contribution in [2.24, 2.45) is 0 Å². The quantitative estimate of drug-likeness (QED) is 0.751. The Bertz CT molecular complexity index is 261. The predicted molar refractivity (Wildman–Crippen MR) is 53.6 cm³/mol. The fourth-order valence-electron chi connectivity index (χ4n) is 1.02. The Balaban J connectivity index is 2.40. The molecule has 1 aromatic rings. The molecular weight excluding hydrogens is 186 g/mol. The summed E-state index contributed by atoms with van der Waals surface area (Å²) in [7, 11) is 0. The minimum atomic E-state index is 0.443. The molecule has 70 valence electrons. The summed E-state index contributed by atoms with van der Waals surface area (Å²) in [5.74, 6) is 0. The summed E-state index contributed by atoms with van der Waals surface area (Å²) in [5.41, 5.74) is 2.47. The van der Waals surface area contributed by atoms with Crippen LogP contribution >= 0.6 is 11.6 Å². The van der Waals surface area contributed by atoms with E-state index in [1.165, 1.54) is 10.6 Å². The van der Waals surface area contributed by atoms with Gasteiger partial charge in [-0.1, -0.05) is 48.0 Å². The van der Waals surface area contributed by atoms with Crippen molar-refractivity contribution in [1.82, 2.24) is 5.06 Å². The van der Waals surface area contributed by atoms with E-state index in [0.29, 0.717) is 13.1 Å². The van der Waals surface area contributed by atoms with Gasteiger partial charge in [0.05, 0.1) is 0 Å². The van der Waals surface area contributed by atoms with Crippen LogP contribution < -0.4 is 0 Å². The highest BCUT2D eigenvalue weighted by molar-refractivity contribution is 6.25. The molecule has 0 amide bonds. The number of benzene rings is 1. The van der Waals surface area contributed by atoms with Crippen molar-refractivity contribution in [3.05, 3.63) is 47.5 Å². The van der Waals surface area contributed by atoms with E-state index in [1.54, 1.807) is 6.08 Å². The van der Waals surface area contributed by atoms with Crippen LogP contribution in [0.1, 0.15) is 5.56 Å². The third-order valence-electron chi connectivity index (χ3n) is 1.61. The van der Waals surface area contributed by atoms with Gasteiger partial charge in [0.25, 0.3) is 0 Å². The monoisotopic (exact) mass is 197 g/mol. The summed E-state index contributed by atoms with van der Waals surface area (Å²) in [6.45, 7) is 0.959. The van der Waals surface area contributed by atoms with Gasteiger partial charge >= 0.3 is 0 Å². The van der Waals surface area contributed by atoms with Gasteiger partial charge < -0.3 is 5.21 Å². The second-order valence-corrected chi connectivity index (χ2v) is 2.95. The lowest BCUT2D eigenvalue weighted by Gasteiger charge is -2.11. The molecule has 1 N–H and O–H groups in total. The van der Waals surface area contributed by atoms with Gasteiger partial charge in [0.1, 0.15) is 0 Å². The molecule has 1 rings (SSSR count). The number of halogens is 1. The van der Waals surface area contributed by atoms with Crippen molar-refractivity contribution in [1.29, 1.82) is 0 Å². The zero-order valence-corrected chi connectivity index (χ0v) is 7.98. The molecule has 0 heterocycles. The van der Waals surface area contributed by atoms with Crippen molar-refractivity contribution in [3.8, 4) is 0 Å². The molecule has 0 saturated carbocycles. The van der Waals surface area contributed by atoms with Crippen molar-refractivity contribution in [3.63, 3.8) is 0 Å². The van der Waals surface area contributed by atoms with Gasteiger partial charge in [-0.05, 0) is 5.56 Å². The van der Waals surface area contributed by atoms with E-state index in [-0.39, 0.29) is 0 Å². The maximum atomic E-state index is 9.36. The topological polar surface area (TPSA) is 23.5 Å². The second kappa shape index (κ2) is 5.75. The van der Waals surface area contributed by atoms with E-state index in [2.05, 4.69) is 0 Å². The summed E-state index contributed by atoms with van der Waals surface area (Å²) in [6, 6.07) is 9.77. The lowest BCUT2D eigenvalue weighted by molar-refractivity contribution is -0.0887. The van der Waals surface area contributed by atoms with E-state index in [9.17, 15) is 5.21 Å². The molecule has 0 fully saturated rings. The van der Waals surface area contributed by atoms with Crippen LogP contribution in [0.2, 0.25) is 0 Å². The Morgan fingerprint density at radius 1 is 1.31 bits per heavy atom. The molecule has 13 heavy (non-hydrogen) atoms. The highest BCUT2D eigenvalue weighted by Crippen LogP contribution is 2.01. The third-order valence-corrected chi connectivity index (χ3v) is 1.79. The molecule has 0 spiro atoms. The van der Waals surface area contributed by atoms with Crippen LogP contribution in [-0.4, -0.2) is 16.8 Å². The molecule has 3 heteroatoms. The Morgan fingerprint density at radius 3 is 2.62 bits per heavy atom. The number of nitrogens with zero attached hydrogens (tertiary/aromatic N) is 1. The highest BCUT2D eigenvalue weighted by atomic mass is 35.5. The summed E-state index contributed by atoms with van der Waals surface area (Å²) >= 11 is 5.33. The number of rotatable bonds is 4. The van der Waals surface area contributed by atoms with Crippen molar-refractivity contribution < 1.29 is 5.21 Å². The molecule has 0 radical (unpaired) electrons. The molecule has 0 unspecified atom stereocenters. The molecule has 0 aliphatic rings. The number of hydroxylamine groups is 2. The average Bonchev–Trinajstić information content (AvgIpc) is 2.16. The van der Waals surface area contributed by atoms with Crippen LogP contribution in [0, 0.1) is 0 Å². The SMILES string of the molecule is ON(CC=CCl)Cc1ccccc1. The molecule has 1 aromatic carbocycles. The Labute approximate surface area is 83.0 Å². The Morgan fingerprint density at radius 2 is 2.00 bits per heavy atom. The van der Waals surface area contributed by atoms with Crippen LogP contribution in [0.25, 0.3) is 0 Å². The molecule has 2 nitrogen and oxygen atoms in total. The van der Waals surface area contributed by atoms with Crippen LogP contribution in [0.3, 0.4) is 0 Å². The lowest BCUT2D eigenvalue weighted by atomic mass is 10.2. The van der Waals surface area contributed by atoms with Gasteiger partial charge in [-0.25, -0.2) is 0 Å². The highest BCUT2D eigenvalue weighted by Gasteiger charge is 1.97. The Kier molecular flexibility index (Phi) is 4.54. The van der Waals surface area contributed by atoms with Gasteiger partial charge in [0, 0.05) is 18.6 Å². The first-order valence-corrected chi connectivity index (χ1v) is 4.49. The van der Waals surface area contributed by atoms with E-state index >= 15 is 0 Å². The number of hydrogen-bond donors (Lipinski definition) is 1. The summed E-state index contributed by atoms with van der Waals surface area (Å²) in [5, 5.41) is 10.6. The minimum absolute atomic E-state index is 0.443. The fourth-order valence-corrected chi connectivity index (χ4v) is 1.10. The van der Waals surface area contributed by atoms with Gasteiger partial charge in [-0.2, -0.15) is 5.06 Å². The van der Waals surface area contributed by atoms with Gasteiger partial charge in [-0.15, -0.1) is 0 Å². The van der Waals surface area contributed by atoms with Crippen molar-refractivity contribution in [2.45, 2.75) is 6.54 Å². The van der Waals surface area contributed by atoms with E-state index in [4.69, 9.17) is 11.6 Å². The lowest BCUT2D eigenvalue weighted by Crippen LogP contribution is -2.18. The molecule has 0 bridgehead atoms. The fraction of sp³-hybridized carbons (Fsp3) is 0.200. The zero-order chi connectivity index (χ0) is 9.52.